The third kappa shape index (κ3) is 4.00. The minimum atomic E-state index is -0.0837. The van der Waals surface area contributed by atoms with Gasteiger partial charge >= 0.3 is 0 Å². The van der Waals surface area contributed by atoms with Crippen LogP contribution in [0.3, 0.4) is 0 Å². The molecule has 1 aliphatic heterocycles. The summed E-state index contributed by atoms with van der Waals surface area (Å²) in [6.07, 6.45) is 6.21. The second-order valence-corrected chi connectivity index (χ2v) is 8.19. The van der Waals surface area contributed by atoms with Gasteiger partial charge in [-0.25, -0.2) is 9.97 Å². The molecular weight excluding hydrogens is 396 g/mol. The number of carbonyl (C=O) groups is 1. The summed E-state index contributed by atoms with van der Waals surface area (Å²) in [4.78, 5) is 25.7. The van der Waals surface area contributed by atoms with Gasteiger partial charge in [0.15, 0.2) is 5.13 Å². The van der Waals surface area contributed by atoms with Crippen molar-refractivity contribution in [3.8, 4) is 11.1 Å². The summed E-state index contributed by atoms with van der Waals surface area (Å²) in [6, 6.07) is 13.8. The second kappa shape index (κ2) is 8.17. The number of nitrogens with zero attached hydrogens (tertiary/aromatic N) is 3. The Morgan fingerprint density at radius 1 is 1.13 bits per heavy atom. The lowest BCUT2D eigenvalue weighted by Crippen LogP contribution is -2.36. The molecule has 0 bridgehead atoms. The van der Waals surface area contributed by atoms with E-state index >= 15 is 0 Å². The zero-order valence-corrected chi connectivity index (χ0v) is 16.9. The lowest BCUT2D eigenvalue weighted by atomic mass is 10.1. The quantitative estimate of drug-likeness (QED) is 0.461. The van der Waals surface area contributed by atoms with E-state index in [1.54, 1.807) is 35.9 Å². The molecular formula is C22H20N6OS. The average molecular weight is 417 g/mol. The van der Waals surface area contributed by atoms with Gasteiger partial charge in [0.1, 0.15) is 5.82 Å². The van der Waals surface area contributed by atoms with Crippen molar-refractivity contribution in [3.05, 3.63) is 66.6 Å². The topological polar surface area (TPSA) is 91.8 Å². The molecule has 8 heteroatoms. The van der Waals surface area contributed by atoms with Crippen LogP contribution in [0, 0.1) is 0 Å². The van der Waals surface area contributed by atoms with Crippen molar-refractivity contribution in [1.29, 1.82) is 0 Å². The van der Waals surface area contributed by atoms with Gasteiger partial charge in [-0.1, -0.05) is 23.5 Å². The molecule has 0 saturated carbocycles. The molecule has 0 spiro atoms. The molecule has 1 atom stereocenters. The first-order chi connectivity index (χ1) is 14.7. The molecule has 0 radical (unpaired) electrons. The monoisotopic (exact) mass is 416 g/mol. The molecule has 7 nitrogen and oxygen atoms in total. The summed E-state index contributed by atoms with van der Waals surface area (Å²) in [5.41, 5.74) is 3.67. The molecule has 4 heterocycles. The maximum atomic E-state index is 12.5. The zero-order chi connectivity index (χ0) is 20.3. The number of pyridine rings is 2. The van der Waals surface area contributed by atoms with Crippen LogP contribution in [0.2, 0.25) is 0 Å². The molecule has 0 aliphatic carbocycles. The van der Waals surface area contributed by atoms with Crippen LogP contribution in [0.4, 0.5) is 10.9 Å². The Morgan fingerprint density at radius 2 is 2.10 bits per heavy atom. The molecule has 5 rings (SSSR count). The number of nitrogens with one attached hydrogen (secondary N) is 3. The molecule has 3 N–H and O–H groups in total. The van der Waals surface area contributed by atoms with Crippen molar-refractivity contribution < 1.29 is 4.79 Å². The Hall–Kier alpha value is -3.36. The van der Waals surface area contributed by atoms with Gasteiger partial charge in [0.25, 0.3) is 5.91 Å². The number of anilines is 2. The van der Waals surface area contributed by atoms with Crippen LogP contribution < -0.4 is 16.0 Å². The van der Waals surface area contributed by atoms with Crippen molar-refractivity contribution in [3.63, 3.8) is 0 Å². The van der Waals surface area contributed by atoms with E-state index in [2.05, 4.69) is 37.0 Å². The Labute approximate surface area is 177 Å². The highest BCUT2D eigenvalue weighted by molar-refractivity contribution is 7.22. The smallest absolute Gasteiger partial charge is 0.251 e. The van der Waals surface area contributed by atoms with Crippen molar-refractivity contribution in [1.82, 2.24) is 25.6 Å². The summed E-state index contributed by atoms with van der Waals surface area (Å²) in [6.45, 7) is 1.75. The lowest BCUT2D eigenvalue weighted by molar-refractivity contribution is 0.0940. The third-order valence-electron chi connectivity index (χ3n) is 5.04. The van der Waals surface area contributed by atoms with E-state index < -0.39 is 0 Å². The van der Waals surface area contributed by atoms with Gasteiger partial charge in [-0.05, 0) is 48.9 Å². The van der Waals surface area contributed by atoms with Gasteiger partial charge < -0.3 is 16.0 Å². The Bertz CT molecular complexity index is 1190. The van der Waals surface area contributed by atoms with E-state index in [-0.39, 0.29) is 11.9 Å². The number of benzene rings is 1. The number of rotatable bonds is 5. The van der Waals surface area contributed by atoms with Crippen LogP contribution in [0.1, 0.15) is 16.8 Å². The fourth-order valence-electron chi connectivity index (χ4n) is 3.49. The van der Waals surface area contributed by atoms with Crippen LogP contribution in [-0.4, -0.2) is 40.0 Å². The van der Waals surface area contributed by atoms with Crippen molar-refractivity contribution in [2.24, 2.45) is 0 Å². The summed E-state index contributed by atoms with van der Waals surface area (Å²) >= 11 is 1.55. The number of hydrogen-bond donors (Lipinski definition) is 3. The minimum Gasteiger partial charge on any atom is -0.348 e. The maximum Gasteiger partial charge on any atom is 0.251 e. The first-order valence-electron chi connectivity index (χ1n) is 9.80. The lowest BCUT2D eigenvalue weighted by Gasteiger charge is -2.11. The van der Waals surface area contributed by atoms with Crippen LogP contribution >= 0.6 is 11.3 Å². The number of aromatic nitrogens is 3. The molecule has 1 aromatic carbocycles. The fourth-order valence-corrected chi connectivity index (χ4v) is 4.40. The molecule has 150 valence electrons. The van der Waals surface area contributed by atoms with Gasteiger partial charge in [0.2, 0.25) is 0 Å². The Balaban J connectivity index is 1.34. The van der Waals surface area contributed by atoms with Crippen molar-refractivity contribution >= 4 is 38.4 Å². The van der Waals surface area contributed by atoms with E-state index in [4.69, 9.17) is 0 Å². The summed E-state index contributed by atoms with van der Waals surface area (Å²) < 4.78 is 1.07. The molecule has 1 fully saturated rings. The van der Waals surface area contributed by atoms with Crippen LogP contribution in [-0.2, 0) is 0 Å². The van der Waals surface area contributed by atoms with Gasteiger partial charge in [0.05, 0.1) is 10.2 Å². The Morgan fingerprint density at radius 3 is 2.93 bits per heavy atom. The van der Waals surface area contributed by atoms with Gasteiger partial charge in [-0.2, -0.15) is 0 Å². The van der Waals surface area contributed by atoms with Crippen LogP contribution in [0.15, 0.2) is 61.1 Å². The fraction of sp³-hybridized carbons (Fsp3) is 0.182. The highest BCUT2D eigenvalue weighted by atomic mass is 32.1. The van der Waals surface area contributed by atoms with Gasteiger partial charge in [-0.3, -0.25) is 9.78 Å². The maximum absolute atomic E-state index is 12.5. The molecule has 3 aromatic heterocycles. The second-order valence-electron chi connectivity index (χ2n) is 7.16. The molecule has 30 heavy (non-hydrogen) atoms. The molecule has 1 aliphatic rings. The van der Waals surface area contributed by atoms with E-state index in [0.29, 0.717) is 11.4 Å². The zero-order valence-electron chi connectivity index (χ0n) is 16.1. The largest absolute Gasteiger partial charge is 0.348 e. The van der Waals surface area contributed by atoms with E-state index in [1.165, 1.54) is 0 Å². The predicted octanol–water partition coefficient (Wildman–Crippen LogP) is 3.59. The molecule has 1 amide bonds. The molecule has 4 aromatic rings. The first-order valence-corrected chi connectivity index (χ1v) is 10.6. The van der Waals surface area contributed by atoms with Gasteiger partial charge in [-0.15, -0.1) is 0 Å². The van der Waals surface area contributed by atoms with E-state index in [1.807, 2.05) is 30.5 Å². The van der Waals surface area contributed by atoms with E-state index in [9.17, 15) is 4.79 Å². The molecule has 1 unspecified atom stereocenters. The summed E-state index contributed by atoms with van der Waals surface area (Å²) in [5, 5.41) is 10.3. The molecule has 1 saturated heterocycles. The number of hydrogen-bond acceptors (Lipinski definition) is 7. The standard InChI is InChI=1S/C22H20N6OS/c29-21(26-17-6-8-24-13-17)15-5-9-25-20(11-15)28-22-27-18-4-3-14(10-19(18)30-22)16-2-1-7-23-12-16/h1-5,7,9-12,17,24H,6,8,13H2,(H,26,29)(H,25,27,28). The predicted molar refractivity (Wildman–Crippen MR) is 119 cm³/mol. The highest BCUT2D eigenvalue weighted by Crippen LogP contribution is 2.31. The van der Waals surface area contributed by atoms with Crippen molar-refractivity contribution in [2.75, 3.05) is 18.4 Å². The van der Waals surface area contributed by atoms with Crippen molar-refractivity contribution in [2.45, 2.75) is 12.5 Å². The van der Waals surface area contributed by atoms with E-state index in [0.717, 1.165) is 46.0 Å². The normalized spacial score (nSPS) is 15.9. The third-order valence-corrected chi connectivity index (χ3v) is 5.97. The first kappa shape index (κ1) is 18.7. The highest BCUT2D eigenvalue weighted by Gasteiger charge is 2.18. The summed E-state index contributed by atoms with van der Waals surface area (Å²) in [7, 11) is 0. The van der Waals surface area contributed by atoms with Gasteiger partial charge in [0, 0.05) is 42.3 Å². The number of amides is 1. The average Bonchev–Trinajstić information content (AvgIpc) is 3.43. The number of thiazole rings is 1. The number of fused-ring (bicyclic) bond motifs is 1. The van der Waals surface area contributed by atoms with Crippen LogP contribution in [0.5, 0.6) is 0 Å². The Kier molecular flexibility index (Phi) is 5.08. The summed E-state index contributed by atoms with van der Waals surface area (Å²) in [5.74, 6) is 0.512. The minimum absolute atomic E-state index is 0.0837. The SMILES string of the molecule is O=C(NC1CCNC1)c1ccnc(Nc2nc3ccc(-c4cccnc4)cc3s2)c1. The van der Waals surface area contributed by atoms with Crippen LogP contribution in [0.25, 0.3) is 21.3 Å². The number of carbonyl (C=O) groups excluding carboxylic acids is 1.